The molecule has 0 aliphatic rings. The largest absolute Gasteiger partial charge is 0.334 e. The van der Waals surface area contributed by atoms with E-state index in [1.807, 2.05) is 73.4 Å². The van der Waals surface area contributed by atoms with E-state index >= 15 is 0 Å². The van der Waals surface area contributed by atoms with E-state index in [1.165, 1.54) is 5.56 Å². The van der Waals surface area contributed by atoms with Gasteiger partial charge in [-0.2, -0.15) is 10.2 Å². The van der Waals surface area contributed by atoms with Gasteiger partial charge < -0.3 is 10.6 Å². The van der Waals surface area contributed by atoms with Crippen LogP contribution < -0.4 is 10.6 Å². The Morgan fingerprint density at radius 2 is 1.71 bits per heavy atom. The first-order valence-electron chi connectivity index (χ1n) is 10.3. The SMILES string of the molecule is Cc1ccc(-n2ncc(C(C)NC(=O)NCc3cnn(-c4ccccc4)c3)c2C)cc1. The summed E-state index contributed by atoms with van der Waals surface area (Å²) in [6.07, 6.45) is 5.48. The average molecular weight is 415 g/mol. The number of benzene rings is 2. The van der Waals surface area contributed by atoms with Crippen molar-refractivity contribution in [2.45, 2.75) is 33.4 Å². The number of carbonyl (C=O) groups is 1. The lowest BCUT2D eigenvalue weighted by Gasteiger charge is -2.15. The van der Waals surface area contributed by atoms with Crippen LogP contribution in [0.25, 0.3) is 11.4 Å². The molecule has 2 N–H and O–H groups in total. The van der Waals surface area contributed by atoms with Gasteiger partial charge in [0.2, 0.25) is 0 Å². The molecule has 2 amide bonds. The number of amides is 2. The Bertz CT molecular complexity index is 1160. The molecule has 1 atom stereocenters. The smallest absolute Gasteiger partial charge is 0.315 e. The van der Waals surface area contributed by atoms with Crippen LogP contribution in [0, 0.1) is 13.8 Å². The van der Waals surface area contributed by atoms with Crippen molar-refractivity contribution in [1.29, 1.82) is 0 Å². The molecule has 0 saturated carbocycles. The maximum Gasteiger partial charge on any atom is 0.315 e. The summed E-state index contributed by atoms with van der Waals surface area (Å²) < 4.78 is 3.68. The predicted octanol–water partition coefficient (Wildman–Crippen LogP) is 4.24. The van der Waals surface area contributed by atoms with E-state index in [-0.39, 0.29) is 12.1 Å². The number of aromatic nitrogens is 4. The van der Waals surface area contributed by atoms with Crippen molar-refractivity contribution in [2.24, 2.45) is 0 Å². The Morgan fingerprint density at radius 1 is 0.968 bits per heavy atom. The van der Waals surface area contributed by atoms with Crippen molar-refractivity contribution in [2.75, 3.05) is 0 Å². The van der Waals surface area contributed by atoms with Gasteiger partial charge in [0.05, 0.1) is 29.8 Å². The minimum absolute atomic E-state index is 0.175. The first kappa shape index (κ1) is 20.4. The second-order valence-electron chi connectivity index (χ2n) is 7.61. The fraction of sp³-hybridized carbons (Fsp3) is 0.208. The summed E-state index contributed by atoms with van der Waals surface area (Å²) in [5.41, 5.74) is 6.09. The van der Waals surface area contributed by atoms with E-state index in [9.17, 15) is 4.79 Å². The lowest BCUT2D eigenvalue weighted by Crippen LogP contribution is -2.36. The van der Waals surface area contributed by atoms with Crippen LogP contribution in [0.4, 0.5) is 4.79 Å². The van der Waals surface area contributed by atoms with E-state index in [2.05, 4.69) is 39.9 Å². The highest BCUT2D eigenvalue weighted by Gasteiger charge is 2.16. The zero-order valence-corrected chi connectivity index (χ0v) is 17.9. The average Bonchev–Trinajstić information content (AvgIpc) is 3.40. The van der Waals surface area contributed by atoms with Crippen LogP contribution in [0.1, 0.15) is 35.3 Å². The van der Waals surface area contributed by atoms with Crippen LogP contribution >= 0.6 is 0 Å². The van der Waals surface area contributed by atoms with Crippen LogP contribution in [-0.2, 0) is 6.54 Å². The van der Waals surface area contributed by atoms with Gasteiger partial charge in [0.1, 0.15) is 0 Å². The summed E-state index contributed by atoms with van der Waals surface area (Å²) in [5.74, 6) is 0. The molecule has 2 aromatic heterocycles. The topological polar surface area (TPSA) is 76.8 Å². The third-order valence-corrected chi connectivity index (χ3v) is 5.25. The number of nitrogens with one attached hydrogen (secondary N) is 2. The molecule has 7 heteroatoms. The lowest BCUT2D eigenvalue weighted by molar-refractivity contribution is 0.237. The second kappa shape index (κ2) is 8.87. The Balaban J connectivity index is 1.35. The van der Waals surface area contributed by atoms with Gasteiger partial charge in [-0.1, -0.05) is 35.9 Å². The summed E-state index contributed by atoms with van der Waals surface area (Å²) in [4.78, 5) is 12.4. The number of aryl methyl sites for hydroxylation is 1. The number of rotatable bonds is 6. The Hall–Kier alpha value is -3.87. The summed E-state index contributed by atoms with van der Waals surface area (Å²) in [7, 11) is 0. The van der Waals surface area contributed by atoms with Crippen LogP contribution in [-0.4, -0.2) is 25.6 Å². The highest BCUT2D eigenvalue weighted by molar-refractivity contribution is 5.74. The maximum atomic E-state index is 12.4. The van der Waals surface area contributed by atoms with Gasteiger partial charge in [-0.05, 0) is 45.0 Å². The van der Waals surface area contributed by atoms with Crippen molar-refractivity contribution < 1.29 is 4.79 Å². The molecule has 158 valence electrons. The van der Waals surface area contributed by atoms with Crippen LogP contribution in [0.5, 0.6) is 0 Å². The van der Waals surface area contributed by atoms with Gasteiger partial charge in [-0.15, -0.1) is 0 Å². The Morgan fingerprint density at radius 3 is 2.45 bits per heavy atom. The minimum atomic E-state index is -0.234. The molecule has 0 fully saturated rings. The normalized spacial score (nSPS) is 11.8. The van der Waals surface area contributed by atoms with Gasteiger partial charge in [0.15, 0.2) is 0 Å². The predicted molar refractivity (Wildman–Crippen MR) is 120 cm³/mol. The van der Waals surface area contributed by atoms with Gasteiger partial charge in [-0.25, -0.2) is 14.2 Å². The number of hydrogen-bond donors (Lipinski definition) is 2. The number of para-hydroxylation sites is 1. The van der Waals surface area contributed by atoms with E-state index in [0.717, 1.165) is 28.2 Å². The Labute approximate surface area is 181 Å². The summed E-state index contributed by atoms with van der Waals surface area (Å²) >= 11 is 0. The molecule has 0 aliphatic heterocycles. The lowest BCUT2D eigenvalue weighted by atomic mass is 10.1. The highest BCUT2D eigenvalue weighted by Crippen LogP contribution is 2.20. The third kappa shape index (κ3) is 4.66. The van der Waals surface area contributed by atoms with Gasteiger partial charge in [-0.3, -0.25) is 0 Å². The standard InChI is InChI=1S/C24H26N6O/c1-17-9-11-22(12-10-17)30-19(3)23(15-27-30)18(2)28-24(31)25-13-20-14-26-29(16-20)21-7-5-4-6-8-21/h4-12,14-16,18H,13H2,1-3H3,(H2,25,28,31). The molecular formula is C24H26N6O. The molecule has 0 radical (unpaired) electrons. The van der Waals surface area contributed by atoms with E-state index in [0.29, 0.717) is 6.54 Å². The second-order valence-corrected chi connectivity index (χ2v) is 7.61. The zero-order valence-electron chi connectivity index (χ0n) is 17.9. The molecule has 4 aromatic rings. The van der Waals surface area contributed by atoms with Crippen LogP contribution in [0.3, 0.4) is 0 Å². The van der Waals surface area contributed by atoms with Gasteiger partial charge >= 0.3 is 6.03 Å². The molecule has 1 unspecified atom stereocenters. The molecule has 0 saturated heterocycles. The molecular weight excluding hydrogens is 388 g/mol. The van der Waals surface area contributed by atoms with Crippen molar-refractivity contribution in [3.8, 4) is 11.4 Å². The van der Waals surface area contributed by atoms with E-state index in [4.69, 9.17) is 0 Å². The molecule has 4 rings (SSSR count). The highest BCUT2D eigenvalue weighted by atomic mass is 16.2. The van der Waals surface area contributed by atoms with E-state index < -0.39 is 0 Å². The Kier molecular flexibility index (Phi) is 5.84. The number of urea groups is 1. The fourth-order valence-electron chi connectivity index (χ4n) is 3.47. The van der Waals surface area contributed by atoms with Crippen molar-refractivity contribution in [3.63, 3.8) is 0 Å². The number of carbonyl (C=O) groups excluding carboxylic acids is 1. The van der Waals surface area contributed by atoms with Crippen molar-refractivity contribution in [3.05, 3.63) is 95.6 Å². The van der Waals surface area contributed by atoms with Crippen molar-refractivity contribution in [1.82, 2.24) is 30.2 Å². The maximum absolute atomic E-state index is 12.4. The summed E-state index contributed by atoms with van der Waals surface area (Å²) in [6, 6.07) is 17.7. The fourth-order valence-corrected chi connectivity index (χ4v) is 3.47. The van der Waals surface area contributed by atoms with Gasteiger partial charge in [0.25, 0.3) is 0 Å². The molecule has 31 heavy (non-hydrogen) atoms. The number of nitrogens with zero attached hydrogens (tertiary/aromatic N) is 4. The monoisotopic (exact) mass is 414 g/mol. The van der Waals surface area contributed by atoms with Crippen LogP contribution in [0.2, 0.25) is 0 Å². The molecule has 2 aromatic carbocycles. The molecule has 0 spiro atoms. The van der Waals surface area contributed by atoms with E-state index in [1.54, 1.807) is 10.9 Å². The molecule has 2 heterocycles. The van der Waals surface area contributed by atoms with Crippen LogP contribution in [0.15, 0.2) is 73.2 Å². The molecule has 0 aliphatic carbocycles. The zero-order chi connectivity index (χ0) is 21.8. The minimum Gasteiger partial charge on any atom is -0.334 e. The quantitative estimate of drug-likeness (QED) is 0.496. The molecule has 0 bridgehead atoms. The first-order valence-corrected chi connectivity index (χ1v) is 10.3. The number of hydrogen-bond acceptors (Lipinski definition) is 3. The van der Waals surface area contributed by atoms with Gasteiger partial charge in [0, 0.05) is 29.6 Å². The van der Waals surface area contributed by atoms with Crippen molar-refractivity contribution >= 4 is 6.03 Å². The first-order chi connectivity index (χ1) is 15.0. The molecule has 7 nitrogen and oxygen atoms in total. The summed E-state index contributed by atoms with van der Waals surface area (Å²) in [5, 5.41) is 14.7. The third-order valence-electron chi connectivity index (χ3n) is 5.25. The summed E-state index contributed by atoms with van der Waals surface area (Å²) in [6.45, 7) is 6.42.